The Bertz CT molecular complexity index is 426. The van der Waals surface area contributed by atoms with Gasteiger partial charge in [-0.2, -0.15) is 0 Å². The molecule has 0 atom stereocenters. The third kappa shape index (κ3) is 5.25. The number of aliphatic carboxylic acids is 1. The predicted octanol–water partition coefficient (Wildman–Crippen LogP) is 1.93. The molecule has 0 spiro atoms. The second-order valence-corrected chi connectivity index (χ2v) is 5.82. The molecular formula is C12H19N3O3S. The highest BCUT2D eigenvalue weighted by molar-refractivity contribution is 7.07. The summed E-state index contributed by atoms with van der Waals surface area (Å²) in [4.78, 5) is 28.3. The standard InChI is InChI=1S/C12H19N3O3S/c1-12(2,3)15(5-4-10(16)17)11(18)13-6-9-7-19-8-14-9/h7-8H,4-6H2,1-3H3,(H,13,18)(H,16,17). The topological polar surface area (TPSA) is 82.5 Å². The fraction of sp³-hybridized carbons (Fsp3) is 0.583. The number of carbonyl (C=O) groups is 2. The highest BCUT2D eigenvalue weighted by Gasteiger charge is 2.26. The molecular weight excluding hydrogens is 266 g/mol. The van der Waals surface area contributed by atoms with Gasteiger partial charge in [0.05, 0.1) is 24.2 Å². The molecule has 1 rings (SSSR count). The van der Waals surface area contributed by atoms with E-state index in [2.05, 4.69) is 10.3 Å². The summed E-state index contributed by atoms with van der Waals surface area (Å²) in [6.07, 6.45) is -0.0681. The average molecular weight is 285 g/mol. The number of hydrogen-bond donors (Lipinski definition) is 2. The lowest BCUT2D eigenvalue weighted by Crippen LogP contribution is -2.50. The van der Waals surface area contributed by atoms with E-state index in [1.54, 1.807) is 5.51 Å². The van der Waals surface area contributed by atoms with E-state index in [0.29, 0.717) is 6.54 Å². The largest absolute Gasteiger partial charge is 0.481 e. The van der Waals surface area contributed by atoms with Crippen molar-refractivity contribution in [2.45, 2.75) is 39.3 Å². The molecule has 19 heavy (non-hydrogen) atoms. The van der Waals surface area contributed by atoms with Crippen LogP contribution in [-0.4, -0.2) is 39.1 Å². The van der Waals surface area contributed by atoms with E-state index in [1.807, 2.05) is 26.2 Å². The Morgan fingerprint density at radius 3 is 2.63 bits per heavy atom. The smallest absolute Gasteiger partial charge is 0.318 e. The Hall–Kier alpha value is -1.63. The third-order valence-electron chi connectivity index (χ3n) is 2.51. The molecule has 0 aromatic carbocycles. The molecule has 1 heterocycles. The second-order valence-electron chi connectivity index (χ2n) is 5.10. The van der Waals surface area contributed by atoms with E-state index in [4.69, 9.17) is 5.11 Å². The maximum Gasteiger partial charge on any atom is 0.318 e. The Morgan fingerprint density at radius 1 is 1.47 bits per heavy atom. The van der Waals surface area contributed by atoms with E-state index >= 15 is 0 Å². The molecule has 0 unspecified atom stereocenters. The van der Waals surface area contributed by atoms with Crippen molar-refractivity contribution in [3.05, 3.63) is 16.6 Å². The first kappa shape index (κ1) is 15.4. The number of carboxylic acid groups (broad SMARTS) is 1. The molecule has 0 saturated carbocycles. The van der Waals surface area contributed by atoms with Gasteiger partial charge in [0.1, 0.15) is 0 Å². The van der Waals surface area contributed by atoms with E-state index in [0.717, 1.165) is 5.69 Å². The molecule has 0 aliphatic rings. The summed E-state index contributed by atoms with van der Waals surface area (Å²) in [5, 5.41) is 13.3. The maximum absolute atomic E-state index is 12.1. The normalized spacial score (nSPS) is 11.1. The highest BCUT2D eigenvalue weighted by atomic mass is 32.1. The van der Waals surface area contributed by atoms with Crippen LogP contribution in [0.3, 0.4) is 0 Å². The van der Waals surface area contributed by atoms with Crippen LogP contribution in [0.5, 0.6) is 0 Å². The van der Waals surface area contributed by atoms with Gasteiger partial charge in [-0.25, -0.2) is 9.78 Å². The van der Waals surface area contributed by atoms with E-state index in [-0.39, 0.29) is 19.0 Å². The Balaban J connectivity index is 2.58. The van der Waals surface area contributed by atoms with Crippen LogP contribution in [0.15, 0.2) is 10.9 Å². The first-order valence-corrected chi connectivity index (χ1v) is 6.89. The van der Waals surface area contributed by atoms with Gasteiger partial charge in [-0.1, -0.05) is 0 Å². The average Bonchev–Trinajstić information content (AvgIpc) is 2.76. The van der Waals surface area contributed by atoms with Crippen molar-refractivity contribution in [3.63, 3.8) is 0 Å². The summed E-state index contributed by atoms with van der Waals surface area (Å²) in [5.41, 5.74) is 2.07. The van der Waals surface area contributed by atoms with Crippen LogP contribution < -0.4 is 5.32 Å². The van der Waals surface area contributed by atoms with Crippen LogP contribution in [0.4, 0.5) is 4.79 Å². The van der Waals surface area contributed by atoms with Crippen molar-refractivity contribution in [2.24, 2.45) is 0 Å². The van der Waals surface area contributed by atoms with Gasteiger partial charge in [-0.05, 0) is 20.8 Å². The number of carboxylic acids is 1. The summed E-state index contributed by atoms with van der Waals surface area (Å²) in [7, 11) is 0. The van der Waals surface area contributed by atoms with Gasteiger partial charge >= 0.3 is 12.0 Å². The first-order chi connectivity index (χ1) is 8.80. The number of carbonyl (C=O) groups excluding carboxylic acids is 1. The summed E-state index contributed by atoms with van der Waals surface area (Å²) in [6, 6.07) is -0.276. The van der Waals surface area contributed by atoms with Crippen molar-refractivity contribution in [2.75, 3.05) is 6.54 Å². The summed E-state index contributed by atoms with van der Waals surface area (Å²) < 4.78 is 0. The van der Waals surface area contributed by atoms with Crippen molar-refractivity contribution in [1.29, 1.82) is 0 Å². The van der Waals surface area contributed by atoms with Gasteiger partial charge in [0.15, 0.2) is 0 Å². The van der Waals surface area contributed by atoms with Gasteiger partial charge in [0.2, 0.25) is 0 Å². The fourth-order valence-corrected chi connectivity index (χ4v) is 2.09. The van der Waals surface area contributed by atoms with E-state index < -0.39 is 11.5 Å². The predicted molar refractivity (Wildman–Crippen MR) is 73.1 cm³/mol. The molecule has 2 amide bonds. The molecule has 6 nitrogen and oxygen atoms in total. The highest BCUT2D eigenvalue weighted by Crippen LogP contribution is 2.14. The first-order valence-electron chi connectivity index (χ1n) is 5.95. The van der Waals surface area contributed by atoms with Crippen molar-refractivity contribution < 1.29 is 14.7 Å². The molecule has 0 radical (unpaired) electrons. The van der Waals surface area contributed by atoms with Gasteiger partial charge in [0.25, 0.3) is 0 Å². The second kappa shape index (κ2) is 6.51. The molecule has 106 valence electrons. The molecule has 0 bridgehead atoms. The Morgan fingerprint density at radius 2 is 2.16 bits per heavy atom. The number of thiazole rings is 1. The van der Waals surface area contributed by atoms with Crippen LogP contribution in [0.25, 0.3) is 0 Å². The van der Waals surface area contributed by atoms with E-state index in [1.165, 1.54) is 16.2 Å². The summed E-state index contributed by atoms with van der Waals surface area (Å²) >= 11 is 1.47. The number of urea groups is 1. The number of hydrogen-bond acceptors (Lipinski definition) is 4. The lowest BCUT2D eigenvalue weighted by Gasteiger charge is -2.35. The summed E-state index contributed by atoms with van der Waals surface area (Å²) in [5.74, 6) is -0.915. The van der Waals surface area contributed by atoms with Crippen LogP contribution in [0.2, 0.25) is 0 Å². The monoisotopic (exact) mass is 285 g/mol. The van der Waals surface area contributed by atoms with Crippen molar-refractivity contribution in [3.8, 4) is 0 Å². The molecule has 0 aliphatic carbocycles. The minimum atomic E-state index is -0.915. The zero-order valence-electron chi connectivity index (χ0n) is 11.3. The Labute approximate surface area is 116 Å². The minimum absolute atomic E-state index is 0.0681. The molecule has 0 aliphatic heterocycles. The van der Waals surface area contributed by atoms with Crippen LogP contribution in [0.1, 0.15) is 32.9 Å². The fourth-order valence-electron chi connectivity index (χ4n) is 1.54. The van der Waals surface area contributed by atoms with Gasteiger partial charge in [-0.3, -0.25) is 4.79 Å². The number of nitrogens with zero attached hydrogens (tertiary/aromatic N) is 2. The third-order valence-corrected chi connectivity index (χ3v) is 3.14. The maximum atomic E-state index is 12.1. The lowest BCUT2D eigenvalue weighted by atomic mass is 10.1. The van der Waals surface area contributed by atoms with Crippen LogP contribution in [0, 0.1) is 0 Å². The number of rotatable bonds is 5. The number of aromatic nitrogens is 1. The zero-order valence-corrected chi connectivity index (χ0v) is 12.2. The van der Waals surface area contributed by atoms with E-state index in [9.17, 15) is 9.59 Å². The van der Waals surface area contributed by atoms with Gasteiger partial charge < -0.3 is 15.3 Å². The van der Waals surface area contributed by atoms with Crippen molar-refractivity contribution >= 4 is 23.3 Å². The quantitative estimate of drug-likeness (QED) is 0.866. The van der Waals surface area contributed by atoms with Crippen molar-refractivity contribution in [1.82, 2.24) is 15.2 Å². The number of amides is 2. The van der Waals surface area contributed by atoms with Gasteiger partial charge in [0, 0.05) is 17.5 Å². The molecule has 1 aromatic rings. The molecule has 1 aromatic heterocycles. The molecule has 7 heteroatoms. The lowest BCUT2D eigenvalue weighted by molar-refractivity contribution is -0.137. The molecule has 2 N–H and O–H groups in total. The SMILES string of the molecule is CC(C)(C)N(CCC(=O)O)C(=O)NCc1cscn1. The van der Waals surface area contributed by atoms with Crippen LogP contribution in [-0.2, 0) is 11.3 Å². The minimum Gasteiger partial charge on any atom is -0.481 e. The Kier molecular flexibility index (Phi) is 5.29. The van der Waals surface area contributed by atoms with Gasteiger partial charge in [-0.15, -0.1) is 11.3 Å². The zero-order chi connectivity index (χ0) is 14.5. The van der Waals surface area contributed by atoms with Crippen LogP contribution >= 0.6 is 11.3 Å². The summed E-state index contributed by atoms with van der Waals surface area (Å²) in [6.45, 7) is 6.15. The number of nitrogens with one attached hydrogen (secondary N) is 1. The molecule has 0 saturated heterocycles. The molecule has 0 fully saturated rings.